The highest BCUT2D eigenvalue weighted by Crippen LogP contribution is 2.27. The van der Waals surface area contributed by atoms with Crippen molar-refractivity contribution in [1.82, 2.24) is 0 Å². The first-order chi connectivity index (χ1) is 3.75. The van der Waals surface area contributed by atoms with Crippen molar-refractivity contribution >= 4 is 17.6 Å². The molecule has 1 aliphatic carbocycles. The first kappa shape index (κ1) is 5.38. The van der Waals surface area contributed by atoms with E-state index in [1.807, 2.05) is 0 Å². The number of carboxylic acids is 1. The monoisotopic (exact) mass is 130 g/mol. The maximum atomic E-state index is 9.96. The van der Waals surface area contributed by atoms with Crippen molar-refractivity contribution in [2.24, 2.45) is 0 Å². The lowest BCUT2D eigenvalue weighted by molar-refractivity contribution is -0.131. The molecule has 1 N–H and O–H groups in total. The predicted octanol–water partition coefficient (Wildman–Crippen LogP) is 1.13. The van der Waals surface area contributed by atoms with E-state index in [-0.39, 0.29) is 0 Å². The quantitative estimate of drug-likeness (QED) is 0.578. The smallest absolute Gasteiger partial charge is 0.336 e. The number of hydrogen-bond acceptors (Lipinski definition) is 1. The van der Waals surface area contributed by atoms with E-state index < -0.39 is 5.97 Å². The molecule has 0 fully saturated rings. The minimum atomic E-state index is -0.906. The van der Waals surface area contributed by atoms with Crippen LogP contribution in [0.3, 0.4) is 0 Å². The highest BCUT2D eigenvalue weighted by molar-refractivity contribution is 6.27. The molecule has 0 aromatic rings. The number of hydrogen-bond donors (Lipinski definition) is 1. The predicted molar refractivity (Wildman–Crippen MR) is 29.7 cm³/mol. The Bertz CT molecular complexity index is 191. The van der Waals surface area contributed by atoms with Crippen LogP contribution in [-0.2, 0) is 4.79 Å². The number of carboxylic acid groups (broad SMARTS) is 1. The Morgan fingerprint density at radius 2 is 2.50 bits per heavy atom. The van der Waals surface area contributed by atoms with Crippen LogP contribution in [0.25, 0.3) is 0 Å². The molecule has 2 nitrogen and oxygen atoms in total. The van der Waals surface area contributed by atoms with Gasteiger partial charge in [-0.15, -0.1) is 0 Å². The molecule has 0 atom stereocenters. The number of halogens is 1. The molecule has 3 heteroatoms. The van der Waals surface area contributed by atoms with Crippen LogP contribution in [-0.4, -0.2) is 11.1 Å². The fourth-order valence-electron chi connectivity index (χ4n) is 0.395. The largest absolute Gasteiger partial charge is 0.478 e. The van der Waals surface area contributed by atoms with Gasteiger partial charge in [0.25, 0.3) is 0 Å². The Labute approximate surface area is 51.1 Å². The van der Waals surface area contributed by atoms with Crippen molar-refractivity contribution in [3.63, 3.8) is 0 Å². The van der Waals surface area contributed by atoms with Crippen LogP contribution >= 0.6 is 11.6 Å². The molecule has 0 saturated heterocycles. The molecule has 0 aliphatic heterocycles. The van der Waals surface area contributed by atoms with Gasteiger partial charge in [0.05, 0.1) is 5.57 Å². The first-order valence-corrected chi connectivity index (χ1v) is 2.45. The van der Waals surface area contributed by atoms with E-state index in [1.54, 1.807) is 0 Å². The SMILES string of the molecule is O=C(O)C1=CC/1=C\Cl. The van der Waals surface area contributed by atoms with Gasteiger partial charge in [-0.3, -0.25) is 0 Å². The first-order valence-electron chi connectivity index (χ1n) is 2.01. The van der Waals surface area contributed by atoms with Gasteiger partial charge in [0.2, 0.25) is 0 Å². The van der Waals surface area contributed by atoms with Gasteiger partial charge < -0.3 is 5.11 Å². The third kappa shape index (κ3) is 0.746. The van der Waals surface area contributed by atoms with E-state index in [0.29, 0.717) is 11.1 Å². The zero-order valence-electron chi connectivity index (χ0n) is 3.89. The van der Waals surface area contributed by atoms with Crippen molar-refractivity contribution in [3.8, 4) is 0 Å². The molecule has 8 heavy (non-hydrogen) atoms. The maximum Gasteiger partial charge on any atom is 0.336 e. The van der Waals surface area contributed by atoms with Gasteiger partial charge >= 0.3 is 5.97 Å². The van der Waals surface area contributed by atoms with Crippen LogP contribution in [0.2, 0.25) is 0 Å². The summed E-state index contributed by atoms with van der Waals surface area (Å²) in [5, 5.41) is 8.19. The minimum Gasteiger partial charge on any atom is -0.478 e. The summed E-state index contributed by atoms with van der Waals surface area (Å²) in [5.41, 5.74) is 2.20. The molecule has 42 valence electrons. The van der Waals surface area contributed by atoms with Crippen molar-refractivity contribution in [2.75, 3.05) is 0 Å². The van der Waals surface area contributed by atoms with Crippen molar-refractivity contribution in [2.45, 2.75) is 0 Å². The van der Waals surface area contributed by atoms with Crippen molar-refractivity contribution in [1.29, 1.82) is 0 Å². The van der Waals surface area contributed by atoms with Gasteiger partial charge in [-0.1, -0.05) is 11.6 Å². The third-order valence-corrected chi connectivity index (χ3v) is 1.11. The van der Waals surface area contributed by atoms with E-state index in [9.17, 15) is 4.79 Å². The lowest BCUT2D eigenvalue weighted by atomic mass is 10.4. The summed E-state index contributed by atoms with van der Waals surface area (Å²) in [4.78, 5) is 9.96. The van der Waals surface area contributed by atoms with E-state index in [2.05, 4.69) is 0 Å². The fourth-order valence-corrected chi connectivity index (χ4v) is 0.575. The maximum absolute atomic E-state index is 9.96. The van der Waals surface area contributed by atoms with Crippen LogP contribution in [0.15, 0.2) is 22.8 Å². The van der Waals surface area contributed by atoms with Gasteiger partial charge in [-0.2, -0.15) is 0 Å². The van der Waals surface area contributed by atoms with E-state index in [1.165, 1.54) is 11.6 Å². The molecule has 0 aromatic heterocycles. The van der Waals surface area contributed by atoms with Gasteiger partial charge in [0, 0.05) is 11.1 Å². The van der Waals surface area contributed by atoms with Crippen molar-refractivity contribution < 1.29 is 9.90 Å². The third-order valence-electron chi connectivity index (χ3n) is 0.875. The molecule has 0 heterocycles. The lowest BCUT2D eigenvalue weighted by Gasteiger charge is -1.74. The van der Waals surface area contributed by atoms with Gasteiger partial charge in [-0.25, -0.2) is 4.79 Å². The Hall–Kier alpha value is -0.760. The molecular formula is C5H3ClO2. The minimum absolute atomic E-state index is 0.319. The molecular weight excluding hydrogens is 128 g/mol. The average Bonchev–Trinajstić information content (AvgIpc) is 2.42. The number of rotatable bonds is 1. The highest BCUT2D eigenvalue weighted by atomic mass is 35.5. The molecule has 0 unspecified atom stereocenters. The summed E-state index contributed by atoms with van der Waals surface area (Å²) < 4.78 is 0. The molecule has 0 bridgehead atoms. The topological polar surface area (TPSA) is 37.3 Å². The molecule has 1 aliphatic rings. The summed E-state index contributed by atoms with van der Waals surface area (Å²) in [6, 6.07) is 0. The molecule has 1 rings (SSSR count). The summed E-state index contributed by atoms with van der Waals surface area (Å²) in [6.07, 6.45) is 1.51. The normalized spacial score (nSPS) is 20.6. The van der Waals surface area contributed by atoms with Crippen LogP contribution in [0.4, 0.5) is 0 Å². The van der Waals surface area contributed by atoms with Gasteiger partial charge in [0.1, 0.15) is 0 Å². The fraction of sp³-hybridized carbons (Fsp3) is 0. The second-order valence-electron chi connectivity index (χ2n) is 1.43. The van der Waals surface area contributed by atoms with Gasteiger partial charge in [-0.05, 0) is 6.08 Å². The summed E-state index contributed by atoms with van der Waals surface area (Å²) in [5.74, 6) is -0.906. The van der Waals surface area contributed by atoms with Crippen LogP contribution in [0.5, 0.6) is 0 Å². The van der Waals surface area contributed by atoms with E-state index >= 15 is 0 Å². The number of carbonyl (C=O) groups is 1. The summed E-state index contributed by atoms with van der Waals surface area (Å²) in [6.45, 7) is 0. The standard InChI is InChI=1S/C5H3ClO2/c6-2-3-1-4(3)5(7)8/h1-2H,(H,7,8)/b3-2+. The molecule has 0 aromatic carbocycles. The van der Waals surface area contributed by atoms with Crippen LogP contribution in [0.1, 0.15) is 0 Å². The number of aliphatic carboxylic acids is 1. The number of allylic oxidation sites excluding steroid dienone is 1. The Morgan fingerprint density at radius 1 is 1.88 bits per heavy atom. The second-order valence-corrected chi connectivity index (χ2v) is 1.65. The molecule has 0 amide bonds. The van der Waals surface area contributed by atoms with Gasteiger partial charge in [0.15, 0.2) is 0 Å². The van der Waals surface area contributed by atoms with Crippen LogP contribution in [0, 0.1) is 0 Å². The van der Waals surface area contributed by atoms with E-state index in [0.717, 1.165) is 0 Å². The zero-order valence-corrected chi connectivity index (χ0v) is 4.64. The average molecular weight is 131 g/mol. The Balaban J connectivity index is 2.60. The summed E-state index contributed by atoms with van der Waals surface area (Å²) >= 11 is 5.16. The summed E-state index contributed by atoms with van der Waals surface area (Å²) in [7, 11) is 0. The van der Waals surface area contributed by atoms with Crippen LogP contribution < -0.4 is 0 Å². The van der Waals surface area contributed by atoms with Crippen molar-refractivity contribution in [3.05, 3.63) is 22.8 Å². The Morgan fingerprint density at radius 3 is 2.62 bits per heavy atom. The molecule has 0 spiro atoms. The second kappa shape index (κ2) is 1.63. The highest BCUT2D eigenvalue weighted by Gasteiger charge is 2.22. The Kier molecular flexibility index (Phi) is 1.10. The lowest BCUT2D eigenvalue weighted by Crippen LogP contribution is -1.88. The zero-order chi connectivity index (χ0) is 6.15. The van der Waals surface area contributed by atoms with E-state index in [4.69, 9.17) is 16.7 Å². The molecule has 0 radical (unpaired) electrons. The molecule has 0 saturated carbocycles.